The molecule has 1 N–H and O–H groups in total. The second kappa shape index (κ2) is 9.04. The Morgan fingerprint density at radius 3 is 2.73 bits per heavy atom. The van der Waals surface area contributed by atoms with Gasteiger partial charge in [-0.05, 0) is 57.4 Å². The number of anilines is 1. The zero-order chi connectivity index (χ0) is 22.9. The highest BCUT2D eigenvalue weighted by molar-refractivity contribution is 5.98. The summed E-state index contributed by atoms with van der Waals surface area (Å²) in [4.78, 5) is 23.0. The number of hydrogen-bond acceptors (Lipinski definition) is 5. The fourth-order valence-corrected chi connectivity index (χ4v) is 5.47. The number of nitrogens with zero attached hydrogens (tertiary/aromatic N) is 5. The van der Waals surface area contributed by atoms with Crippen molar-refractivity contribution in [3.8, 4) is 0 Å². The van der Waals surface area contributed by atoms with Crippen molar-refractivity contribution in [1.82, 2.24) is 24.8 Å². The number of piperidine rings is 2. The highest BCUT2D eigenvalue weighted by Crippen LogP contribution is 2.34. The molecule has 3 aliphatic heterocycles. The molecule has 5 heterocycles. The Morgan fingerprint density at radius 2 is 1.97 bits per heavy atom. The summed E-state index contributed by atoms with van der Waals surface area (Å²) in [6, 6.07) is 2.01. The van der Waals surface area contributed by atoms with Crippen LogP contribution in [-0.2, 0) is 4.79 Å². The number of fused-ring (bicyclic) bond motifs is 1. The van der Waals surface area contributed by atoms with Gasteiger partial charge in [-0.3, -0.25) is 4.79 Å². The predicted molar refractivity (Wildman–Crippen MR) is 131 cm³/mol. The summed E-state index contributed by atoms with van der Waals surface area (Å²) < 4.78 is 1.88. The number of likely N-dealkylation sites (tertiary alicyclic amines) is 1. The van der Waals surface area contributed by atoms with Crippen molar-refractivity contribution in [3.63, 3.8) is 0 Å². The molecule has 1 unspecified atom stereocenters. The maximum Gasteiger partial charge on any atom is 0.254 e. The van der Waals surface area contributed by atoms with Crippen LogP contribution in [0.5, 0.6) is 0 Å². The molecule has 7 heteroatoms. The summed E-state index contributed by atoms with van der Waals surface area (Å²) in [6.45, 7) is 14.0. The second-order valence-corrected chi connectivity index (χ2v) is 9.43. The molecule has 7 nitrogen and oxygen atoms in total. The van der Waals surface area contributed by atoms with Crippen LogP contribution in [0.4, 0.5) is 5.82 Å². The van der Waals surface area contributed by atoms with Crippen molar-refractivity contribution in [2.24, 2.45) is 0 Å². The molecule has 0 radical (unpaired) electrons. The van der Waals surface area contributed by atoms with Gasteiger partial charge in [-0.15, -0.1) is 0 Å². The molecule has 174 valence electrons. The van der Waals surface area contributed by atoms with E-state index in [1.807, 2.05) is 9.42 Å². The van der Waals surface area contributed by atoms with E-state index in [-0.39, 0.29) is 11.9 Å². The van der Waals surface area contributed by atoms with Gasteiger partial charge in [0.2, 0.25) is 0 Å². The van der Waals surface area contributed by atoms with Gasteiger partial charge in [0.1, 0.15) is 5.82 Å². The first-order valence-electron chi connectivity index (χ1n) is 12.3. The minimum atomic E-state index is -0.0520. The zero-order valence-corrected chi connectivity index (χ0v) is 19.6. The summed E-state index contributed by atoms with van der Waals surface area (Å²) in [7, 11) is 0. The highest BCUT2D eigenvalue weighted by atomic mass is 16.2. The number of nitrogens with one attached hydrogen (secondary N) is 1. The Labute approximate surface area is 195 Å². The minimum Gasteiger partial charge on any atom is -0.385 e. The van der Waals surface area contributed by atoms with E-state index >= 15 is 0 Å². The number of hydrogen-bond donors (Lipinski definition) is 1. The Morgan fingerprint density at radius 1 is 1.18 bits per heavy atom. The summed E-state index contributed by atoms with van der Waals surface area (Å²) >= 11 is 0. The first-order valence-corrected chi connectivity index (χ1v) is 12.3. The monoisotopic (exact) mass is 446 g/mol. The van der Waals surface area contributed by atoms with Crippen molar-refractivity contribution in [3.05, 3.63) is 59.6 Å². The number of carbonyl (C=O) groups excluding carboxylic acids is 1. The van der Waals surface area contributed by atoms with E-state index in [9.17, 15) is 4.79 Å². The summed E-state index contributed by atoms with van der Waals surface area (Å²) in [5.74, 6) is 1.10. The minimum absolute atomic E-state index is 0.0356. The van der Waals surface area contributed by atoms with E-state index in [1.54, 1.807) is 6.08 Å². The van der Waals surface area contributed by atoms with Gasteiger partial charge in [-0.1, -0.05) is 19.2 Å². The lowest BCUT2D eigenvalue weighted by Crippen LogP contribution is -2.40. The van der Waals surface area contributed by atoms with E-state index in [4.69, 9.17) is 10.1 Å². The van der Waals surface area contributed by atoms with Crippen molar-refractivity contribution in [1.29, 1.82) is 0 Å². The maximum absolute atomic E-state index is 13.7. The van der Waals surface area contributed by atoms with Gasteiger partial charge in [0, 0.05) is 55.3 Å². The zero-order valence-electron chi connectivity index (χ0n) is 19.6. The van der Waals surface area contributed by atoms with Gasteiger partial charge in [0.15, 0.2) is 5.65 Å². The fourth-order valence-electron chi connectivity index (χ4n) is 5.47. The van der Waals surface area contributed by atoms with E-state index in [1.165, 1.54) is 12.8 Å². The Kier molecular flexibility index (Phi) is 5.96. The molecule has 2 aromatic rings. The third kappa shape index (κ3) is 4.05. The van der Waals surface area contributed by atoms with Crippen LogP contribution >= 0.6 is 0 Å². The van der Waals surface area contributed by atoms with Gasteiger partial charge in [-0.2, -0.15) is 5.10 Å². The van der Waals surface area contributed by atoms with Crippen molar-refractivity contribution in [2.45, 2.75) is 57.9 Å². The van der Waals surface area contributed by atoms with Gasteiger partial charge in [-0.25, -0.2) is 9.50 Å². The topological polar surface area (TPSA) is 65.8 Å². The first-order chi connectivity index (χ1) is 16.1. The molecule has 0 aromatic carbocycles. The van der Waals surface area contributed by atoms with Crippen LogP contribution in [0.3, 0.4) is 0 Å². The summed E-state index contributed by atoms with van der Waals surface area (Å²) in [5, 5.41) is 8.18. The Hall–Kier alpha value is -3.09. The van der Waals surface area contributed by atoms with Crippen LogP contribution in [0.1, 0.15) is 62.2 Å². The quantitative estimate of drug-likeness (QED) is 0.717. The number of carbonyl (C=O) groups is 1. The molecule has 0 bridgehead atoms. The van der Waals surface area contributed by atoms with Crippen LogP contribution in [0.25, 0.3) is 5.65 Å². The molecule has 0 saturated carbocycles. The van der Waals surface area contributed by atoms with Crippen molar-refractivity contribution in [2.75, 3.05) is 31.1 Å². The van der Waals surface area contributed by atoms with Gasteiger partial charge >= 0.3 is 0 Å². The lowest BCUT2D eigenvalue weighted by molar-refractivity contribution is -0.130. The third-order valence-electron chi connectivity index (χ3n) is 7.20. The van der Waals surface area contributed by atoms with E-state index < -0.39 is 0 Å². The smallest absolute Gasteiger partial charge is 0.254 e. The molecule has 3 saturated heterocycles. The number of allylic oxidation sites excluding steroid dienone is 1. The molecular formula is C26H34N6O. The van der Waals surface area contributed by atoms with Crippen molar-refractivity contribution >= 4 is 17.4 Å². The average molecular weight is 447 g/mol. The van der Waals surface area contributed by atoms with E-state index in [2.05, 4.69) is 42.6 Å². The van der Waals surface area contributed by atoms with Gasteiger partial charge in [0.25, 0.3) is 5.91 Å². The predicted octanol–water partition coefficient (Wildman–Crippen LogP) is 4.07. The molecule has 3 fully saturated rings. The van der Waals surface area contributed by atoms with E-state index in [0.29, 0.717) is 5.57 Å². The van der Waals surface area contributed by atoms with Crippen LogP contribution in [0, 0.1) is 6.92 Å². The molecule has 2 aromatic heterocycles. The number of amides is 1. The van der Waals surface area contributed by atoms with Crippen molar-refractivity contribution < 1.29 is 4.79 Å². The van der Waals surface area contributed by atoms with Crippen LogP contribution < -0.4 is 10.2 Å². The SMILES string of the molecule is C=C/C(C(=O)N1CCCCC1c1cc2nc(N3CCCC3)c(C)cn2n1)=C1/CCCNC1=C. The van der Waals surface area contributed by atoms with E-state index in [0.717, 1.165) is 92.3 Å². The fraction of sp³-hybridized carbons (Fsp3) is 0.500. The standard InChI is InChI=1S/C26H34N6O/c1-4-20(21-10-9-12-27-19(21)3)26(33)31-15-6-5-11-23(31)22-16-24-28-25(30-13-7-8-14-30)18(2)17-32(24)29-22/h4,16-17,23,27H,1,3,5-15H2,2H3/b21-20+. The normalized spacial score (nSPS) is 23.1. The number of aromatic nitrogens is 3. The lowest BCUT2D eigenvalue weighted by Gasteiger charge is -2.36. The summed E-state index contributed by atoms with van der Waals surface area (Å²) in [5.41, 5.74) is 5.42. The molecular weight excluding hydrogens is 412 g/mol. The largest absolute Gasteiger partial charge is 0.385 e. The Balaban J connectivity index is 1.48. The number of rotatable bonds is 4. The second-order valence-electron chi connectivity index (χ2n) is 9.43. The molecule has 0 spiro atoms. The number of aryl methyl sites for hydroxylation is 1. The maximum atomic E-state index is 13.7. The van der Waals surface area contributed by atoms with Crippen LogP contribution in [-0.4, -0.2) is 51.6 Å². The van der Waals surface area contributed by atoms with Crippen LogP contribution in [0.2, 0.25) is 0 Å². The first kappa shape index (κ1) is 21.7. The molecule has 0 aliphatic carbocycles. The molecule has 5 rings (SSSR count). The molecule has 1 amide bonds. The lowest BCUT2D eigenvalue weighted by atomic mass is 9.93. The average Bonchev–Trinajstić information content (AvgIpc) is 3.50. The Bertz CT molecular complexity index is 1120. The highest BCUT2D eigenvalue weighted by Gasteiger charge is 2.32. The third-order valence-corrected chi connectivity index (χ3v) is 7.20. The van der Waals surface area contributed by atoms with Gasteiger partial charge in [0.05, 0.1) is 11.7 Å². The summed E-state index contributed by atoms with van der Waals surface area (Å²) in [6.07, 6.45) is 11.1. The molecule has 3 aliphatic rings. The molecule has 1 atom stereocenters. The van der Waals surface area contributed by atoms with Crippen LogP contribution in [0.15, 0.2) is 48.3 Å². The van der Waals surface area contributed by atoms with Gasteiger partial charge < -0.3 is 15.1 Å². The molecule has 33 heavy (non-hydrogen) atoms.